The van der Waals surface area contributed by atoms with Crippen molar-refractivity contribution in [3.63, 3.8) is 0 Å². The zero-order valence-corrected chi connectivity index (χ0v) is 17.2. The number of anilines is 3. The Kier molecular flexibility index (Phi) is 5.44. The molecular formula is C24H18F3N3O2. The molecule has 0 unspecified atom stereocenters. The van der Waals surface area contributed by atoms with Gasteiger partial charge in [-0.2, -0.15) is 0 Å². The van der Waals surface area contributed by atoms with Crippen LogP contribution in [0.1, 0.15) is 5.56 Å². The van der Waals surface area contributed by atoms with Gasteiger partial charge in [-0.25, -0.2) is 18.1 Å². The maximum atomic E-state index is 14.4. The highest BCUT2D eigenvalue weighted by Crippen LogP contribution is 2.35. The van der Waals surface area contributed by atoms with Crippen LogP contribution in [0, 0.1) is 17.5 Å². The van der Waals surface area contributed by atoms with Gasteiger partial charge in [0.1, 0.15) is 23.1 Å². The van der Waals surface area contributed by atoms with Gasteiger partial charge in [-0.1, -0.05) is 12.1 Å². The predicted molar refractivity (Wildman–Crippen MR) is 117 cm³/mol. The van der Waals surface area contributed by atoms with Crippen LogP contribution in [0.25, 0.3) is 5.57 Å². The molecule has 162 valence electrons. The van der Waals surface area contributed by atoms with Gasteiger partial charge in [-0.3, -0.25) is 9.59 Å². The van der Waals surface area contributed by atoms with Crippen molar-refractivity contribution in [3.05, 3.63) is 95.4 Å². The second-order valence-electron chi connectivity index (χ2n) is 7.36. The van der Waals surface area contributed by atoms with E-state index < -0.39 is 35.0 Å². The smallest absolute Gasteiger partial charge is 0.282 e. The lowest BCUT2D eigenvalue weighted by molar-refractivity contribution is -0.120. The molecule has 4 rings (SSSR count). The van der Waals surface area contributed by atoms with E-state index in [1.54, 1.807) is 12.1 Å². The molecule has 8 heteroatoms. The van der Waals surface area contributed by atoms with Crippen LogP contribution in [0.3, 0.4) is 0 Å². The molecule has 0 aliphatic carbocycles. The number of imide groups is 1. The molecule has 1 aliphatic rings. The molecule has 1 heterocycles. The largest absolute Gasteiger partial charge is 0.378 e. The molecule has 1 N–H and O–H groups in total. The second kappa shape index (κ2) is 8.22. The van der Waals surface area contributed by atoms with Gasteiger partial charge >= 0.3 is 0 Å². The SMILES string of the molecule is CN(C)c1ccc(NC2=C(c3ccc(F)cc3)C(=O)N(c3cc(F)ccc3F)C2=O)cc1. The summed E-state index contributed by atoms with van der Waals surface area (Å²) in [5.74, 6) is -3.95. The van der Waals surface area contributed by atoms with Gasteiger partial charge in [0, 0.05) is 31.5 Å². The Labute approximate surface area is 182 Å². The number of amides is 2. The first-order valence-corrected chi connectivity index (χ1v) is 9.64. The van der Waals surface area contributed by atoms with E-state index in [1.165, 1.54) is 12.1 Å². The van der Waals surface area contributed by atoms with Gasteiger partial charge in [0.15, 0.2) is 0 Å². The van der Waals surface area contributed by atoms with Gasteiger partial charge in [0.05, 0.1) is 11.3 Å². The standard InChI is InChI=1S/C24H18F3N3O2/c1-29(2)18-10-8-17(9-11-18)28-22-21(14-3-5-15(25)6-4-14)23(31)30(24(22)32)20-13-16(26)7-12-19(20)27/h3-13,28H,1-2H3. The van der Waals surface area contributed by atoms with Gasteiger partial charge < -0.3 is 10.2 Å². The molecular weight excluding hydrogens is 419 g/mol. The van der Waals surface area contributed by atoms with Crippen molar-refractivity contribution < 1.29 is 22.8 Å². The lowest BCUT2D eigenvalue weighted by Gasteiger charge is -2.16. The molecule has 5 nitrogen and oxygen atoms in total. The van der Waals surface area contributed by atoms with Crippen molar-refractivity contribution in [2.24, 2.45) is 0 Å². The van der Waals surface area contributed by atoms with E-state index in [9.17, 15) is 22.8 Å². The van der Waals surface area contributed by atoms with Crippen molar-refractivity contribution in [3.8, 4) is 0 Å². The fraction of sp³-hybridized carbons (Fsp3) is 0.0833. The van der Waals surface area contributed by atoms with E-state index >= 15 is 0 Å². The highest BCUT2D eigenvalue weighted by atomic mass is 19.1. The number of halogens is 3. The van der Waals surface area contributed by atoms with Crippen molar-refractivity contribution in [2.45, 2.75) is 0 Å². The molecule has 0 aromatic heterocycles. The molecule has 1 aliphatic heterocycles. The summed E-state index contributed by atoms with van der Waals surface area (Å²) in [7, 11) is 3.75. The van der Waals surface area contributed by atoms with Crippen LogP contribution in [0.5, 0.6) is 0 Å². The Morgan fingerprint density at radius 2 is 1.41 bits per heavy atom. The molecule has 0 spiro atoms. The normalized spacial score (nSPS) is 13.7. The van der Waals surface area contributed by atoms with E-state index in [1.807, 2.05) is 31.1 Å². The molecule has 0 fully saturated rings. The molecule has 0 radical (unpaired) electrons. The van der Waals surface area contributed by atoms with Crippen molar-refractivity contribution in [1.29, 1.82) is 0 Å². The summed E-state index contributed by atoms with van der Waals surface area (Å²) in [6.45, 7) is 0. The molecule has 3 aromatic rings. The number of benzene rings is 3. The van der Waals surface area contributed by atoms with Crippen LogP contribution in [-0.4, -0.2) is 25.9 Å². The summed E-state index contributed by atoms with van der Waals surface area (Å²) in [6.07, 6.45) is 0. The van der Waals surface area contributed by atoms with Crippen LogP contribution in [0.2, 0.25) is 0 Å². The zero-order chi connectivity index (χ0) is 23.0. The third-order valence-corrected chi connectivity index (χ3v) is 5.02. The first kappa shape index (κ1) is 21.2. The van der Waals surface area contributed by atoms with Crippen LogP contribution in [-0.2, 0) is 9.59 Å². The Bertz CT molecular complexity index is 1240. The minimum atomic E-state index is -0.928. The third kappa shape index (κ3) is 3.82. The summed E-state index contributed by atoms with van der Waals surface area (Å²) in [6, 6.07) is 14.6. The number of hydrogen-bond donors (Lipinski definition) is 1. The maximum Gasteiger partial charge on any atom is 0.282 e. The highest BCUT2D eigenvalue weighted by molar-refractivity contribution is 6.46. The Morgan fingerprint density at radius 3 is 2.03 bits per heavy atom. The average Bonchev–Trinajstić information content (AvgIpc) is 3.00. The van der Waals surface area contributed by atoms with E-state index in [4.69, 9.17) is 0 Å². The lowest BCUT2D eigenvalue weighted by atomic mass is 10.0. The lowest BCUT2D eigenvalue weighted by Crippen LogP contribution is -2.33. The Balaban J connectivity index is 1.81. The minimum Gasteiger partial charge on any atom is -0.378 e. The number of rotatable bonds is 5. The van der Waals surface area contributed by atoms with Crippen LogP contribution < -0.4 is 15.1 Å². The quantitative estimate of drug-likeness (QED) is 0.595. The summed E-state index contributed by atoms with van der Waals surface area (Å²) in [5.41, 5.74) is 0.988. The molecule has 0 saturated carbocycles. The monoisotopic (exact) mass is 437 g/mol. The van der Waals surface area contributed by atoms with Gasteiger partial charge in [0.2, 0.25) is 0 Å². The first-order chi connectivity index (χ1) is 15.3. The van der Waals surface area contributed by atoms with Gasteiger partial charge in [0.25, 0.3) is 11.8 Å². The summed E-state index contributed by atoms with van der Waals surface area (Å²) in [4.78, 5) is 28.9. The zero-order valence-electron chi connectivity index (χ0n) is 17.2. The van der Waals surface area contributed by atoms with E-state index in [2.05, 4.69) is 5.32 Å². The minimum absolute atomic E-state index is 0.0738. The van der Waals surface area contributed by atoms with Crippen LogP contribution in [0.15, 0.2) is 72.4 Å². The number of carbonyl (C=O) groups excluding carboxylic acids is 2. The number of hydrogen-bond acceptors (Lipinski definition) is 4. The van der Waals surface area contributed by atoms with E-state index in [0.29, 0.717) is 10.6 Å². The Hall–Kier alpha value is -4.07. The third-order valence-electron chi connectivity index (χ3n) is 5.02. The number of carbonyl (C=O) groups is 2. The first-order valence-electron chi connectivity index (χ1n) is 9.64. The number of nitrogens with zero attached hydrogens (tertiary/aromatic N) is 2. The molecule has 32 heavy (non-hydrogen) atoms. The predicted octanol–water partition coefficient (Wildman–Crippen LogP) is 4.57. The topological polar surface area (TPSA) is 52.7 Å². The summed E-state index contributed by atoms with van der Waals surface area (Å²) < 4.78 is 41.6. The summed E-state index contributed by atoms with van der Waals surface area (Å²) in [5, 5.41) is 2.92. The second-order valence-corrected chi connectivity index (χ2v) is 7.36. The molecule has 2 amide bonds. The molecule has 0 atom stereocenters. The van der Waals surface area contributed by atoms with Crippen LogP contribution in [0.4, 0.5) is 30.2 Å². The average molecular weight is 437 g/mol. The molecule has 3 aromatic carbocycles. The summed E-state index contributed by atoms with van der Waals surface area (Å²) >= 11 is 0. The fourth-order valence-corrected chi connectivity index (χ4v) is 3.39. The van der Waals surface area contributed by atoms with Crippen molar-refractivity contribution in [2.75, 3.05) is 29.2 Å². The highest BCUT2D eigenvalue weighted by Gasteiger charge is 2.41. The van der Waals surface area contributed by atoms with Crippen molar-refractivity contribution >= 4 is 34.4 Å². The van der Waals surface area contributed by atoms with E-state index in [-0.39, 0.29) is 16.8 Å². The van der Waals surface area contributed by atoms with Gasteiger partial charge in [-0.15, -0.1) is 0 Å². The van der Waals surface area contributed by atoms with Crippen LogP contribution >= 0.6 is 0 Å². The van der Waals surface area contributed by atoms with Crippen molar-refractivity contribution in [1.82, 2.24) is 0 Å². The number of nitrogens with one attached hydrogen (secondary N) is 1. The molecule has 0 bridgehead atoms. The Morgan fingerprint density at radius 1 is 0.781 bits per heavy atom. The fourth-order valence-electron chi connectivity index (χ4n) is 3.39. The maximum absolute atomic E-state index is 14.4. The van der Waals surface area contributed by atoms with Gasteiger partial charge in [-0.05, 0) is 54.1 Å². The molecule has 0 saturated heterocycles. The van der Waals surface area contributed by atoms with E-state index in [0.717, 1.165) is 36.0 Å².